The number of nitriles is 1. The molecule has 1 saturated carbocycles. The molecule has 1 unspecified atom stereocenters. The Bertz CT molecular complexity index is 311. The zero-order valence-corrected chi connectivity index (χ0v) is 9.82. The van der Waals surface area contributed by atoms with Gasteiger partial charge in [-0.15, -0.1) is 0 Å². The van der Waals surface area contributed by atoms with Gasteiger partial charge in [0.1, 0.15) is 0 Å². The summed E-state index contributed by atoms with van der Waals surface area (Å²) < 4.78 is 0. The number of hydrogen-bond acceptors (Lipinski definition) is 3. The van der Waals surface area contributed by atoms with Crippen LogP contribution in [0.4, 0.5) is 0 Å². The van der Waals surface area contributed by atoms with E-state index in [1.807, 2.05) is 0 Å². The van der Waals surface area contributed by atoms with E-state index in [2.05, 4.69) is 5.32 Å². The van der Waals surface area contributed by atoms with Gasteiger partial charge in [0.2, 0.25) is 5.91 Å². The number of carbonyl (C=O) groups excluding carboxylic acids is 2. The molecule has 0 bridgehead atoms. The minimum absolute atomic E-state index is 0.156. The third-order valence-corrected chi connectivity index (χ3v) is 2.95. The summed E-state index contributed by atoms with van der Waals surface area (Å²) >= 11 is 0. The van der Waals surface area contributed by atoms with Gasteiger partial charge in [0.25, 0.3) is 0 Å². The van der Waals surface area contributed by atoms with E-state index in [0.717, 1.165) is 25.7 Å². The van der Waals surface area contributed by atoms with Crippen LogP contribution in [-0.2, 0) is 9.59 Å². The molecule has 1 fully saturated rings. The van der Waals surface area contributed by atoms with Crippen molar-refractivity contribution in [2.24, 2.45) is 11.8 Å². The van der Waals surface area contributed by atoms with E-state index in [4.69, 9.17) is 5.26 Å². The molecule has 4 heteroatoms. The number of nitrogens with zero attached hydrogens (tertiary/aromatic N) is 1. The number of hydrogen-bond donors (Lipinski definition) is 1. The zero-order chi connectivity index (χ0) is 12.1. The Morgan fingerprint density at radius 1 is 1.31 bits per heavy atom. The number of nitrogens with one attached hydrogen (secondary N) is 1. The Kier molecular flexibility index (Phi) is 4.48. The predicted octanol–water partition coefficient (Wildman–Crippen LogP) is 1.41. The fourth-order valence-corrected chi connectivity index (χ4v) is 1.94. The largest absolute Gasteiger partial charge is 0.352 e. The van der Waals surface area contributed by atoms with Gasteiger partial charge < -0.3 is 5.32 Å². The maximum atomic E-state index is 11.7. The standard InChI is InChI=1S/C12H18N2O2/c1-8(2)11(15)10(7-13)12(16)14-9-5-3-4-6-9/h8-10H,3-6H2,1-2H3,(H,14,16). The SMILES string of the molecule is CC(C)C(=O)C(C#N)C(=O)NC1CCCC1. The molecule has 0 aromatic heterocycles. The van der Waals surface area contributed by atoms with E-state index in [0.29, 0.717) is 0 Å². The van der Waals surface area contributed by atoms with E-state index in [1.54, 1.807) is 19.9 Å². The quantitative estimate of drug-likeness (QED) is 0.731. The molecule has 4 nitrogen and oxygen atoms in total. The molecule has 1 aliphatic rings. The highest BCUT2D eigenvalue weighted by Crippen LogP contribution is 2.18. The Morgan fingerprint density at radius 2 is 1.88 bits per heavy atom. The van der Waals surface area contributed by atoms with Gasteiger partial charge in [-0.25, -0.2) is 0 Å². The van der Waals surface area contributed by atoms with Crippen LogP contribution >= 0.6 is 0 Å². The molecule has 0 aliphatic heterocycles. The maximum Gasteiger partial charge on any atom is 0.245 e. The predicted molar refractivity (Wildman–Crippen MR) is 59.3 cm³/mol. The minimum atomic E-state index is -1.14. The molecule has 1 amide bonds. The molecule has 0 spiro atoms. The molecular weight excluding hydrogens is 204 g/mol. The lowest BCUT2D eigenvalue weighted by molar-refractivity contribution is -0.133. The fourth-order valence-electron chi connectivity index (χ4n) is 1.94. The van der Waals surface area contributed by atoms with E-state index in [9.17, 15) is 9.59 Å². The molecule has 1 N–H and O–H groups in total. The summed E-state index contributed by atoms with van der Waals surface area (Å²) in [6.07, 6.45) is 4.14. The highest BCUT2D eigenvalue weighted by atomic mass is 16.2. The van der Waals surface area contributed by atoms with Crippen LogP contribution in [0.25, 0.3) is 0 Å². The molecular formula is C12H18N2O2. The summed E-state index contributed by atoms with van der Waals surface area (Å²) in [5.74, 6) is -2.13. The van der Waals surface area contributed by atoms with Crippen molar-refractivity contribution < 1.29 is 9.59 Å². The second-order valence-electron chi connectivity index (χ2n) is 4.61. The Hall–Kier alpha value is -1.37. The van der Waals surface area contributed by atoms with Gasteiger partial charge in [0.15, 0.2) is 11.7 Å². The van der Waals surface area contributed by atoms with Crippen molar-refractivity contribution in [3.63, 3.8) is 0 Å². The van der Waals surface area contributed by atoms with E-state index >= 15 is 0 Å². The smallest absolute Gasteiger partial charge is 0.245 e. The van der Waals surface area contributed by atoms with Crippen molar-refractivity contribution in [2.45, 2.75) is 45.6 Å². The minimum Gasteiger partial charge on any atom is -0.352 e. The Morgan fingerprint density at radius 3 is 2.31 bits per heavy atom. The molecule has 0 heterocycles. The highest BCUT2D eigenvalue weighted by Gasteiger charge is 2.30. The van der Waals surface area contributed by atoms with Crippen molar-refractivity contribution in [1.82, 2.24) is 5.32 Å². The second kappa shape index (κ2) is 5.64. The summed E-state index contributed by atoms with van der Waals surface area (Å²) in [6, 6.07) is 1.95. The lowest BCUT2D eigenvalue weighted by atomic mass is 9.95. The van der Waals surface area contributed by atoms with E-state index in [1.165, 1.54) is 0 Å². The zero-order valence-electron chi connectivity index (χ0n) is 9.82. The first-order valence-electron chi connectivity index (χ1n) is 5.80. The van der Waals surface area contributed by atoms with E-state index in [-0.39, 0.29) is 17.7 Å². The molecule has 88 valence electrons. The fraction of sp³-hybridized carbons (Fsp3) is 0.750. The van der Waals surface area contributed by atoms with Crippen LogP contribution in [0.3, 0.4) is 0 Å². The van der Waals surface area contributed by atoms with E-state index < -0.39 is 11.8 Å². The number of Topliss-reactive ketones (excluding diaryl/α,β-unsaturated/α-hetero) is 1. The molecule has 1 aliphatic carbocycles. The van der Waals surface area contributed by atoms with Gasteiger partial charge in [-0.05, 0) is 12.8 Å². The van der Waals surface area contributed by atoms with Crippen molar-refractivity contribution in [3.05, 3.63) is 0 Å². The van der Waals surface area contributed by atoms with Gasteiger partial charge >= 0.3 is 0 Å². The van der Waals surface area contributed by atoms with Crippen LogP contribution in [-0.4, -0.2) is 17.7 Å². The average molecular weight is 222 g/mol. The number of ketones is 1. The Labute approximate surface area is 96.0 Å². The topological polar surface area (TPSA) is 70.0 Å². The van der Waals surface area contributed by atoms with Crippen molar-refractivity contribution >= 4 is 11.7 Å². The first-order valence-corrected chi connectivity index (χ1v) is 5.80. The summed E-state index contributed by atoms with van der Waals surface area (Å²) in [4.78, 5) is 23.3. The summed E-state index contributed by atoms with van der Waals surface area (Å²) in [5.41, 5.74) is 0. The Balaban J connectivity index is 2.56. The van der Waals surface area contributed by atoms with Crippen molar-refractivity contribution in [1.29, 1.82) is 5.26 Å². The number of amides is 1. The highest BCUT2D eigenvalue weighted by molar-refractivity contribution is 6.04. The lowest BCUT2D eigenvalue weighted by Crippen LogP contribution is -2.40. The first-order chi connectivity index (χ1) is 7.56. The molecule has 0 aromatic rings. The lowest BCUT2D eigenvalue weighted by Gasteiger charge is -2.15. The van der Waals surface area contributed by atoms with Gasteiger partial charge in [0, 0.05) is 12.0 Å². The summed E-state index contributed by atoms with van der Waals surface area (Å²) in [6.45, 7) is 3.41. The van der Waals surface area contributed by atoms with Gasteiger partial charge in [0.05, 0.1) is 6.07 Å². The molecule has 0 aromatic carbocycles. The van der Waals surface area contributed by atoms with Crippen LogP contribution in [0.2, 0.25) is 0 Å². The van der Waals surface area contributed by atoms with Crippen LogP contribution in [0.15, 0.2) is 0 Å². The van der Waals surface area contributed by atoms with Crippen LogP contribution in [0, 0.1) is 23.2 Å². The van der Waals surface area contributed by atoms with Gasteiger partial charge in [-0.2, -0.15) is 5.26 Å². The van der Waals surface area contributed by atoms with Crippen molar-refractivity contribution in [2.75, 3.05) is 0 Å². The van der Waals surface area contributed by atoms with Crippen LogP contribution in [0.1, 0.15) is 39.5 Å². The summed E-state index contributed by atoms with van der Waals surface area (Å²) in [5, 5.41) is 11.6. The van der Waals surface area contributed by atoms with Gasteiger partial charge in [-0.3, -0.25) is 9.59 Å². The third kappa shape index (κ3) is 3.06. The summed E-state index contributed by atoms with van der Waals surface area (Å²) in [7, 11) is 0. The number of carbonyl (C=O) groups is 2. The van der Waals surface area contributed by atoms with Crippen LogP contribution < -0.4 is 5.32 Å². The second-order valence-corrected chi connectivity index (χ2v) is 4.61. The molecule has 16 heavy (non-hydrogen) atoms. The average Bonchev–Trinajstić information content (AvgIpc) is 2.71. The van der Waals surface area contributed by atoms with Crippen molar-refractivity contribution in [3.8, 4) is 6.07 Å². The van der Waals surface area contributed by atoms with Crippen LogP contribution in [0.5, 0.6) is 0 Å². The normalized spacial score (nSPS) is 18.1. The first kappa shape index (κ1) is 12.7. The van der Waals surface area contributed by atoms with Gasteiger partial charge in [-0.1, -0.05) is 26.7 Å². The molecule has 1 atom stereocenters. The third-order valence-electron chi connectivity index (χ3n) is 2.95. The molecule has 1 rings (SSSR count). The molecule has 0 saturated heterocycles. The molecule has 0 radical (unpaired) electrons. The maximum absolute atomic E-state index is 11.7. The monoisotopic (exact) mass is 222 g/mol. The number of rotatable bonds is 4.